The Balaban J connectivity index is 1.80. The third kappa shape index (κ3) is 3.91. The molecular formula is C21H20O4. The summed E-state index contributed by atoms with van der Waals surface area (Å²) in [6, 6.07) is 14.9. The number of rotatable bonds is 7. The molecule has 0 amide bonds. The molecule has 0 unspecified atom stereocenters. The molecule has 0 spiro atoms. The number of ketones is 1. The lowest BCUT2D eigenvalue weighted by Gasteiger charge is -2.11. The van der Waals surface area contributed by atoms with Gasteiger partial charge < -0.3 is 13.9 Å². The molecule has 2 aromatic carbocycles. The molecule has 0 aliphatic rings. The van der Waals surface area contributed by atoms with E-state index in [2.05, 4.69) is 0 Å². The summed E-state index contributed by atoms with van der Waals surface area (Å²) in [7, 11) is 0. The van der Waals surface area contributed by atoms with Gasteiger partial charge in [0.25, 0.3) is 0 Å². The molecule has 1 aromatic heterocycles. The Morgan fingerprint density at radius 2 is 1.76 bits per heavy atom. The maximum atomic E-state index is 12.3. The van der Waals surface area contributed by atoms with E-state index in [4.69, 9.17) is 13.9 Å². The van der Waals surface area contributed by atoms with Crippen LogP contribution in [0.2, 0.25) is 0 Å². The van der Waals surface area contributed by atoms with E-state index < -0.39 is 0 Å². The van der Waals surface area contributed by atoms with Gasteiger partial charge in [-0.2, -0.15) is 0 Å². The summed E-state index contributed by atoms with van der Waals surface area (Å²) in [5, 5.41) is 0.916. The molecule has 0 aliphatic carbocycles. The van der Waals surface area contributed by atoms with Crippen molar-refractivity contribution in [3.8, 4) is 11.5 Å². The Labute approximate surface area is 146 Å². The first-order chi connectivity index (χ1) is 12.2. The monoisotopic (exact) mass is 336 g/mol. The van der Waals surface area contributed by atoms with E-state index in [0.717, 1.165) is 10.9 Å². The summed E-state index contributed by atoms with van der Waals surface area (Å²) in [4.78, 5) is 12.3. The number of benzene rings is 2. The lowest BCUT2D eigenvalue weighted by atomic mass is 10.1. The Morgan fingerprint density at radius 1 is 1.00 bits per heavy atom. The molecule has 1 heterocycles. The van der Waals surface area contributed by atoms with Crippen molar-refractivity contribution in [2.45, 2.75) is 13.8 Å². The number of allylic oxidation sites excluding steroid dienone is 1. The van der Waals surface area contributed by atoms with Crippen LogP contribution >= 0.6 is 0 Å². The molecule has 0 bridgehead atoms. The topological polar surface area (TPSA) is 48.7 Å². The minimum Gasteiger partial charge on any atom is -0.490 e. The van der Waals surface area contributed by atoms with Crippen molar-refractivity contribution in [1.29, 1.82) is 0 Å². The van der Waals surface area contributed by atoms with Gasteiger partial charge in [0, 0.05) is 5.39 Å². The summed E-state index contributed by atoms with van der Waals surface area (Å²) in [6.07, 6.45) is 3.25. The second-order valence-corrected chi connectivity index (χ2v) is 5.42. The largest absolute Gasteiger partial charge is 0.490 e. The highest BCUT2D eigenvalue weighted by atomic mass is 16.5. The number of fused-ring (bicyclic) bond motifs is 1. The Hall–Kier alpha value is -3.01. The van der Waals surface area contributed by atoms with Crippen LogP contribution in [0.25, 0.3) is 17.0 Å². The average molecular weight is 336 g/mol. The quantitative estimate of drug-likeness (QED) is 0.443. The molecule has 0 fully saturated rings. The summed E-state index contributed by atoms with van der Waals surface area (Å²) in [6.45, 7) is 4.96. The van der Waals surface area contributed by atoms with Gasteiger partial charge >= 0.3 is 0 Å². The minimum absolute atomic E-state index is 0.178. The van der Waals surface area contributed by atoms with Crippen LogP contribution in [0.3, 0.4) is 0 Å². The molecule has 4 heteroatoms. The number of carbonyl (C=O) groups excluding carboxylic acids is 1. The van der Waals surface area contributed by atoms with Gasteiger partial charge in [-0.05, 0) is 49.8 Å². The van der Waals surface area contributed by atoms with Gasteiger partial charge in [-0.3, -0.25) is 4.79 Å². The van der Waals surface area contributed by atoms with Crippen molar-refractivity contribution >= 4 is 22.8 Å². The van der Waals surface area contributed by atoms with Gasteiger partial charge in [-0.1, -0.05) is 30.3 Å². The molecular weight excluding hydrogens is 316 g/mol. The number of furan rings is 1. The third-order valence-corrected chi connectivity index (χ3v) is 3.66. The number of hydrogen-bond donors (Lipinski definition) is 0. The predicted molar refractivity (Wildman–Crippen MR) is 98.4 cm³/mol. The van der Waals surface area contributed by atoms with Crippen molar-refractivity contribution in [3.05, 3.63) is 65.9 Å². The van der Waals surface area contributed by atoms with Crippen molar-refractivity contribution in [2.24, 2.45) is 0 Å². The second kappa shape index (κ2) is 7.71. The molecule has 0 saturated carbocycles. The summed E-state index contributed by atoms with van der Waals surface area (Å²) in [5.41, 5.74) is 1.57. The summed E-state index contributed by atoms with van der Waals surface area (Å²) >= 11 is 0. The minimum atomic E-state index is -0.178. The van der Waals surface area contributed by atoms with E-state index in [9.17, 15) is 4.79 Å². The molecule has 3 rings (SSSR count). The van der Waals surface area contributed by atoms with Gasteiger partial charge in [0.15, 0.2) is 17.3 Å². The molecule has 0 saturated heterocycles. The first-order valence-electron chi connectivity index (χ1n) is 8.32. The van der Waals surface area contributed by atoms with E-state index >= 15 is 0 Å². The molecule has 25 heavy (non-hydrogen) atoms. The number of hydrogen-bond acceptors (Lipinski definition) is 4. The van der Waals surface area contributed by atoms with Crippen molar-refractivity contribution in [2.75, 3.05) is 13.2 Å². The molecule has 0 aliphatic heterocycles. The first-order valence-corrected chi connectivity index (χ1v) is 8.32. The van der Waals surface area contributed by atoms with Gasteiger partial charge in [0.05, 0.1) is 13.2 Å². The maximum absolute atomic E-state index is 12.3. The van der Waals surface area contributed by atoms with Crippen LogP contribution in [-0.2, 0) is 0 Å². The summed E-state index contributed by atoms with van der Waals surface area (Å²) < 4.78 is 16.7. The highest BCUT2D eigenvalue weighted by Gasteiger charge is 2.09. The van der Waals surface area contributed by atoms with Gasteiger partial charge in [-0.15, -0.1) is 0 Å². The van der Waals surface area contributed by atoms with Crippen LogP contribution < -0.4 is 9.47 Å². The Morgan fingerprint density at radius 3 is 2.52 bits per heavy atom. The molecule has 0 atom stereocenters. The molecule has 3 aromatic rings. The zero-order chi connectivity index (χ0) is 17.6. The molecule has 0 N–H and O–H groups in total. The SMILES string of the molecule is CCOc1ccc(C=CC(=O)c2cc3ccccc3o2)cc1OCC. The van der Waals surface area contributed by atoms with Crippen LogP contribution in [0.4, 0.5) is 0 Å². The highest BCUT2D eigenvalue weighted by Crippen LogP contribution is 2.29. The number of ether oxygens (including phenoxy) is 2. The lowest BCUT2D eigenvalue weighted by molar-refractivity contribution is 0.102. The highest BCUT2D eigenvalue weighted by molar-refractivity contribution is 6.06. The second-order valence-electron chi connectivity index (χ2n) is 5.42. The van der Waals surface area contributed by atoms with Gasteiger partial charge in [0.2, 0.25) is 5.78 Å². The van der Waals surface area contributed by atoms with Crippen molar-refractivity contribution < 1.29 is 18.7 Å². The first kappa shape index (κ1) is 16.8. The van der Waals surface area contributed by atoms with E-state index in [1.54, 1.807) is 12.1 Å². The van der Waals surface area contributed by atoms with E-state index in [1.807, 2.05) is 56.3 Å². The normalized spacial score (nSPS) is 11.1. The van der Waals surface area contributed by atoms with Gasteiger partial charge in [0.1, 0.15) is 5.58 Å². The Kier molecular flexibility index (Phi) is 5.19. The predicted octanol–water partition coefficient (Wildman–Crippen LogP) is 5.13. The molecule has 128 valence electrons. The van der Waals surface area contributed by atoms with Crippen LogP contribution in [0.5, 0.6) is 11.5 Å². The lowest BCUT2D eigenvalue weighted by Crippen LogP contribution is -1.98. The fourth-order valence-electron chi connectivity index (χ4n) is 2.53. The standard InChI is InChI=1S/C21H20O4/c1-3-23-19-12-10-15(13-21(19)24-4-2)9-11-17(22)20-14-16-7-5-6-8-18(16)25-20/h5-14H,3-4H2,1-2H3. The Bertz CT molecular complexity index is 872. The van der Waals surface area contributed by atoms with E-state index in [0.29, 0.717) is 36.1 Å². The van der Waals surface area contributed by atoms with Crippen LogP contribution in [-0.4, -0.2) is 19.0 Å². The average Bonchev–Trinajstić information content (AvgIpc) is 3.06. The van der Waals surface area contributed by atoms with Gasteiger partial charge in [-0.25, -0.2) is 0 Å². The molecule has 4 nitrogen and oxygen atoms in total. The van der Waals surface area contributed by atoms with Crippen LogP contribution in [0.1, 0.15) is 30.0 Å². The van der Waals surface area contributed by atoms with Crippen molar-refractivity contribution in [3.63, 3.8) is 0 Å². The zero-order valence-corrected chi connectivity index (χ0v) is 14.3. The maximum Gasteiger partial charge on any atom is 0.221 e. The van der Waals surface area contributed by atoms with Crippen LogP contribution in [0.15, 0.2) is 59.0 Å². The van der Waals surface area contributed by atoms with Crippen LogP contribution in [0, 0.1) is 0 Å². The number of para-hydroxylation sites is 1. The third-order valence-electron chi connectivity index (χ3n) is 3.66. The van der Waals surface area contributed by atoms with Crippen molar-refractivity contribution in [1.82, 2.24) is 0 Å². The van der Waals surface area contributed by atoms with E-state index in [1.165, 1.54) is 6.08 Å². The van der Waals surface area contributed by atoms with E-state index in [-0.39, 0.29) is 5.78 Å². The number of carbonyl (C=O) groups is 1. The summed E-state index contributed by atoms with van der Waals surface area (Å²) in [5.74, 6) is 1.52. The zero-order valence-electron chi connectivity index (χ0n) is 14.3. The fraction of sp³-hybridized carbons (Fsp3) is 0.190. The molecule has 0 radical (unpaired) electrons. The fourth-order valence-corrected chi connectivity index (χ4v) is 2.53. The smallest absolute Gasteiger partial charge is 0.221 e.